The van der Waals surface area contributed by atoms with Crippen LogP contribution in [0.2, 0.25) is 0 Å². The second kappa shape index (κ2) is 3.45. The Morgan fingerprint density at radius 3 is 2.93 bits per heavy atom. The Morgan fingerprint density at radius 1 is 1.43 bits per heavy atom. The molecule has 1 atom stereocenters. The molecule has 1 aromatic carbocycles. The molecule has 1 unspecified atom stereocenters. The summed E-state index contributed by atoms with van der Waals surface area (Å²) in [4.78, 5) is 0. The van der Waals surface area contributed by atoms with Crippen molar-refractivity contribution in [2.45, 2.75) is 33.2 Å². The summed E-state index contributed by atoms with van der Waals surface area (Å²) in [5, 5.41) is 5.79. The van der Waals surface area contributed by atoms with Crippen LogP contribution >= 0.6 is 0 Å². The van der Waals surface area contributed by atoms with Crippen LogP contribution in [0.15, 0.2) is 24.4 Å². The summed E-state index contributed by atoms with van der Waals surface area (Å²) in [6, 6.07) is 6.89. The molecule has 0 N–H and O–H groups in total. The summed E-state index contributed by atoms with van der Waals surface area (Å²) in [7, 11) is 0. The van der Waals surface area contributed by atoms with Crippen LogP contribution in [0.25, 0.3) is 10.9 Å². The predicted octanol–water partition coefficient (Wildman–Crippen LogP) is 3.32. The summed E-state index contributed by atoms with van der Waals surface area (Å²) in [6.07, 6.45) is 3.25. The Kier molecular flexibility index (Phi) is 2.28. The Balaban J connectivity index is 2.51. The first-order valence-corrected chi connectivity index (χ1v) is 5.16. The zero-order valence-corrected chi connectivity index (χ0v) is 8.99. The monoisotopic (exact) mass is 188 g/mol. The first-order valence-electron chi connectivity index (χ1n) is 5.16. The van der Waals surface area contributed by atoms with E-state index in [0.717, 1.165) is 11.9 Å². The third kappa shape index (κ3) is 1.52. The fourth-order valence-corrected chi connectivity index (χ4v) is 1.56. The first-order chi connectivity index (χ1) is 6.70. The van der Waals surface area contributed by atoms with Crippen LogP contribution in [0.4, 0.5) is 0 Å². The van der Waals surface area contributed by atoms with Crippen molar-refractivity contribution in [2.24, 2.45) is 0 Å². The maximum atomic E-state index is 4.56. The smallest absolute Gasteiger partial charge is 0.0926 e. The van der Waals surface area contributed by atoms with E-state index in [1.807, 2.05) is 0 Å². The average Bonchev–Trinajstić information content (AvgIpc) is 2.59. The molecule has 0 aliphatic heterocycles. The highest BCUT2D eigenvalue weighted by molar-refractivity contribution is 5.78. The topological polar surface area (TPSA) is 17.8 Å². The van der Waals surface area contributed by atoms with Gasteiger partial charge in [-0.15, -0.1) is 0 Å². The van der Waals surface area contributed by atoms with E-state index in [1.165, 1.54) is 10.9 Å². The van der Waals surface area contributed by atoms with Crippen molar-refractivity contribution >= 4 is 10.9 Å². The number of fused-ring (bicyclic) bond motifs is 1. The molecule has 0 saturated heterocycles. The van der Waals surface area contributed by atoms with E-state index in [1.54, 1.807) is 0 Å². The number of hydrogen-bond donors (Lipinski definition) is 0. The molecule has 2 aromatic rings. The summed E-state index contributed by atoms with van der Waals surface area (Å²) in [6.45, 7) is 6.47. The van der Waals surface area contributed by atoms with Crippen molar-refractivity contribution in [2.75, 3.05) is 0 Å². The Morgan fingerprint density at radius 2 is 2.21 bits per heavy atom. The number of benzene rings is 1. The van der Waals surface area contributed by atoms with E-state index in [9.17, 15) is 0 Å². The van der Waals surface area contributed by atoms with Crippen molar-refractivity contribution < 1.29 is 0 Å². The highest BCUT2D eigenvalue weighted by atomic mass is 15.3. The summed E-state index contributed by atoms with van der Waals surface area (Å²) < 4.78 is 2.06. The zero-order valence-electron chi connectivity index (χ0n) is 8.99. The quantitative estimate of drug-likeness (QED) is 0.707. The second-order valence-corrected chi connectivity index (χ2v) is 3.93. The SMILES string of the molecule is CCC(C)n1cc2ccc(C)cc2n1. The van der Waals surface area contributed by atoms with Gasteiger partial charge < -0.3 is 0 Å². The lowest BCUT2D eigenvalue weighted by atomic mass is 10.2. The zero-order chi connectivity index (χ0) is 10.1. The van der Waals surface area contributed by atoms with E-state index in [2.05, 4.69) is 54.9 Å². The van der Waals surface area contributed by atoms with Crippen molar-refractivity contribution in [3.63, 3.8) is 0 Å². The molecule has 0 aliphatic carbocycles. The van der Waals surface area contributed by atoms with Crippen molar-refractivity contribution in [1.29, 1.82) is 0 Å². The number of aromatic nitrogens is 2. The Hall–Kier alpha value is -1.31. The van der Waals surface area contributed by atoms with Gasteiger partial charge in [0, 0.05) is 17.6 Å². The molecule has 0 fully saturated rings. The largest absolute Gasteiger partial charge is 0.269 e. The Bertz CT molecular complexity index is 443. The van der Waals surface area contributed by atoms with Crippen LogP contribution in [0, 0.1) is 6.92 Å². The molecule has 2 heteroatoms. The van der Waals surface area contributed by atoms with Gasteiger partial charge in [0.05, 0.1) is 5.52 Å². The first kappa shape index (κ1) is 9.25. The lowest BCUT2D eigenvalue weighted by molar-refractivity contribution is 0.482. The molecule has 1 aromatic heterocycles. The molecule has 2 rings (SSSR count). The van der Waals surface area contributed by atoms with E-state index in [4.69, 9.17) is 0 Å². The highest BCUT2D eigenvalue weighted by Gasteiger charge is 2.05. The number of rotatable bonds is 2. The normalized spacial score (nSPS) is 13.4. The van der Waals surface area contributed by atoms with Gasteiger partial charge in [-0.3, -0.25) is 4.68 Å². The van der Waals surface area contributed by atoms with Gasteiger partial charge in [-0.2, -0.15) is 5.10 Å². The standard InChI is InChI=1S/C12H16N2/c1-4-10(3)14-8-11-6-5-9(2)7-12(11)13-14/h5-8,10H,4H2,1-3H3. The van der Waals surface area contributed by atoms with Gasteiger partial charge in [0.2, 0.25) is 0 Å². The lowest BCUT2D eigenvalue weighted by Crippen LogP contribution is -2.03. The summed E-state index contributed by atoms with van der Waals surface area (Å²) in [5.41, 5.74) is 2.37. The molecule has 0 saturated carbocycles. The van der Waals surface area contributed by atoms with Crippen LogP contribution in [-0.4, -0.2) is 9.78 Å². The molecule has 0 aliphatic rings. The molecule has 0 radical (unpaired) electrons. The second-order valence-electron chi connectivity index (χ2n) is 3.93. The molecule has 1 heterocycles. The fraction of sp³-hybridized carbons (Fsp3) is 0.417. The van der Waals surface area contributed by atoms with Crippen molar-refractivity contribution in [1.82, 2.24) is 9.78 Å². The fourth-order valence-electron chi connectivity index (χ4n) is 1.56. The summed E-state index contributed by atoms with van der Waals surface area (Å²) in [5.74, 6) is 0. The van der Waals surface area contributed by atoms with Crippen molar-refractivity contribution in [3.8, 4) is 0 Å². The molecular weight excluding hydrogens is 172 g/mol. The number of hydrogen-bond acceptors (Lipinski definition) is 1. The summed E-state index contributed by atoms with van der Waals surface area (Å²) >= 11 is 0. The van der Waals surface area contributed by atoms with Crippen LogP contribution in [0.5, 0.6) is 0 Å². The van der Waals surface area contributed by atoms with Gasteiger partial charge in [0.15, 0.2) is 0 Å². The highest BCUT2D eigenvalue weighted by Crippen LogP contribution is 2.17. The molecular formula is C12H16N2. The Labute approximate surface area is 84.5 Å². The van der Waals surface area contributed by atoms with Crippen LogP contribution in [0.1, 0.15) is 31.9 Å². The van der Waals surface area contributed by atoms with Crippen LogP contribution in [0.3, 0.4) is 0 Å². The molecule has 0 spiro atoms. The third-order valence-corrected chi connectivity index (χ3v) is 2.72. The van der Waals surface area contributed by atoms with Crippen LogP contribution in [-0.2, 0) is 0 Å². The van der Waals surface area contributed by atoms with Gasteiger partial charge in [0.25, 0.3) is 0 Å². The van der Waals surface area contributed by atoms with Crippen molar-refractivity contribution in [3.05, 3.63) is 30.0 Å². The lowest BCUT2D eigenvalue weighted by Gasteiger charge is -2.07. The van der Waals surface area contributed by atoms with E-state index < -0.39 is 0 Å². The minimum Gasteiger partial charge on any atom is -0.269 e. The van der Waals surface area contributed by atoms with Gasteiger partial charge in [0.1, 0.15) is 0 Å². The van der Waals surface area contributed by atoms with E-state index in [0.29, 0.717) is 6.04 Å². The van der Waals surface area contributed by atoms with Gasteiger partial charge in [-0.25, -0.2) is 0 Å². The van der Waals surface area contributed by atoms with Gasteiger partial charge in [-0.1, -0.05) is 19.1 Å². The molecule has 0 bridgehead atoms. The molecule has 74 valence electrons. The molecule has 0 amide bonds. The minimum absolute atomic E-state index is 0.489. The van der Waals surface area contributed by atoms with Gasteiger partial charge in [-0.05, 0) is 31.9 Å². The number of aryl methyl sites for hydroxylation is 1. The van der Waals surface area contributed by atoms with Gasteiger partial charge >= 0.3 is 0 Å². The predicted molar refractivity (Wildman–Crippen MR) is 59.5 cm³/mol. The molecule has 2 nitrogen and oxygen atoms in total. The average molecular weight is 188 g/mol. The molecule has 14 heavy (non-hydrogen) atoms. The minimum atomic E-state index is 0.489. The van der Waals surface area contributed by atoms with E-state index in [-0.39, 0.29) is 0 Å². The third-order valence-electron chi connectivity index (χ3n) is 2.72. The maximum Gasteiger partial charge on any atom is 0.0926 e. The number of nitrogens with zero attached hydrogens (tertiary/aromatic N) is 2. The van der Waals surface area contributed by atoms with E-state index >= 15 is 0 Å². The maximum absolute atomic E-state index is 4.56. The van der Waals surface area contributed by atoms with Crippen LogP contribution < -0.4 is 0 Å².